The number of aliphatic imine (C=N–C) groups is 1. The number of hydrogen-bond donors (Lipinski definition) is 1. The number of rotatable bonds is 9. The lowest BCUT2D eigenvalue weighted by molar-refractivity contribution is -0.150. The number of nitrogens with one attached hydrogen (secondary N) is 1. The third kappa shape index (κ3) is 5.07. The van der Waals surface area contributed by atoms with Crippen LogP contribution < -0.4 is 4.74 Å². The Kier molecular flexibility index (Phi) is 6.56. The molecule has 0 radical (unpaired) electrons. The van der Waals surface area contributed by atoms with E-state index in [1.807, 2.05) is 19.1 Å². The summed E-state index contributed by atoms with van der Waals surface area (Å²) in [4.78, 5) is 24.5. The van der Waals surface area contributed by atoms with Gasteiger partial charge in [0.05, 0.1) is 24.7 Å². The molecule has 0 aromatic carbocycles. The number of carbonyl (C=O) groups excluding carboxylic acids is 1. The molecule has 0 unspecified atom stereocenters. The van der Waals surface area contributed by atoms with Gasteiger partial charge in [-0.05, 0) is 26.7 Å². The fourth-order valence-corrected chi connectivity index (χ4v) is 2.13. The van der Waals surface area contributed by atoms with E-state index in [0.29, 0.717) is 18.2 Å². The SMILES string of the molecule is C/C=C\C(=C/N=CC=N)c1cnc(OCC2(C(=O)OCC)CC2)cn1. The molecule has 1 fully saturated rings. The molecule has 0 amide bonds. The summed E-state index contributed by atoms with van der Waals surface area (Å²) < 4.78 is 10.7. The molecule has 0 aliphatic heterocycles. The first-order chi connectivity index (χ1) is 12.1. The van der Waals surface area contributed by atoms with Crippen molar-refractivity contribution in [3.8, 4) is 5.88 Å². The second-order valence-corrected chi connectivity index (χ2v) is 5.58. The van der Waals surface area contributed by atoms with Crippen LogP contribution in [0.25, 0.3) is 5.57 Å². The molecular formula is C18H22N4O3. The van der Waals surface area contributed by atoms with Crippen LogP contribution >= 0.6 is 0 Å². The summed E-state index contributed by atoms with van der Waals surface area (Å²) in [7, 11) is 0. The molecule has 1 aliphatic carbocycles. The van der Waals surface area contributed by atoms with Crippen LogP contribution in [-0.4, -0.2) is 41.6 Å². The van der Waals surface area contributed by atoms with Gasteiger partial charge in [0.15, 0.2) is 0 Å². The van der Waals surface area contributed by atoms with Crippen LogP contribution in [0.1, 0.15) is 32.4 Å². The number of nitrogens with zero attached hydrogens (tertiary/aromatic N) is 3. The summed E-state index contributed by atoms with van der Waals surface area (Å²) in [6.07, 6.45) is 12.5. The van der Waals surface area contributed by atoms with E-state index in [4.69, 9.17) is 14.9 Å². The van der Waals surface area contributed by atoms with Crippen molar-refractivity contribution in [3.63, 3.8) is 0 Å². The van der Waals surface area contributed by atoms with Gasteiger partial charge in [-0.25, -0.2) is 9.97 Å². The summed E-state index contributed by atoms with van der Waals surface area (Å²) >= 11 is 0. The van der Waals surface area contributed by atoms with Crippen molar-refractivity contribution in [1.29, 1.82) is 5.41 Å². The predicted molar refractivity (Wildman–Crippen MR) is 95.9 cm³/mol. The van der Waals surface area contributed by atoms with Gasteiger partial charge >= 0.3 is 5.97 Å². The molecule has 1 saturated carbocycles. The predicted octanol–water partition coefficient (Wildman–Crippen LogP) is 2.84. The maximum Gasteiger partial charge on any atom is 0.315 e. The van der Waals surface area contributed by atoms with Gasteiger partial charge in [-0.2, -0.15) is 0 Å². The Labute approximate surface area is 147 Å². The molecule has 0 saturated heterocycles. The van der Waals surface area contributed by atoms with Crippen molar-refractivity contribution in [3.05, 3.63) is 36.4 Å². The molecule has 0 atom stereocenters. The molecule has 0 spiro atoms. The van der Waals surface area contributed by atoms with Crippen LogP contribution in [0.2, 0.25) is 0 Å². The lowest BCUT2D eigenvalue weighted by Gasteiger charge is -2.14. The monoisotopic (exact) mass is 342 g/mol. The van der Waals surface area contributed by atoms with Gasteiger partial charge in [0, 0.05) is 24.2 Å². The van der Waals surface area contributed by atoms with E-state index in [1.165, 1.54) is 12.4 Å². The highest BCUT2D eigenvalue weighted by Gasteiger charge is 2.52. The third-order valence-corrected chi connectivity index (χ3v) is 3.70. The minimum Gasteiger partial charge on any atom is -0.475 e. The molecule has 1 aliphatic rings. The Balaban J connectivity index is 2.01. The molecule has 1 aromatic rings. The second-order valence-electron chi connectivity index (χ2n) is 5.58. The molecule has 2 rings (SSSR count). The maximum absolute atomic E-state index is 11.9. The first-order valence-corrected chi connectivity index (χ1v) is 8.12. The van der Waals surface area contributed by atoms with E-state index in [1.54, 1.807) is 19.3 Å². The first kappa shape index (κ1) is 18.5. The number of allylic oxidation sites excluding steroid dienone is 3. The largest absolute Gasteiger partial charge is 0.475 e. The van der Waals surface area contributed by atoms with E-state index in [-0.39, 0.29) is 12.6 Å². The first-order valence-electron chi connectivity index (χ1n) is 8.12. The molecule has 7 nitrogen and oxygen atoms in total. The quantitative estimate of drug-likeness (QED) is 0.423. The molecule has 7 heteroatoms. The highest BCUT2D eigenvalue weighted by molar-refractivity contribution is 6.14. The van der Waals surface area contributed by atoms with Crippen molar-refractivity contribution in [2.45, 2.75) is 26.7 Å². The lowest BCUT2D eigenvalue weighted by Crippen LogP contribution is -2.26. The lowest BCUT2D eigenvalue weighted by atomic mass is 10.1. The Morgan fingerprint density at radius 1 is 1.40 bits per heavy atom. The number of esters is 1. The number of aromatic nitrogens is 2. The zero-order chi connectivity index (χ0) is 18.1. The summed E-state index contributed by atoms with van der Waals surface area (Å²) in [5, 5.41) is 6.94. The normalized spacial score (nSPS) is 16.2. The molecule has 0 bridgehead atoms. The van der Waals surface area contributed by atoms with Gasteiger partial charge in [-0.3, -0.25) is 9.79 Å². The Bertz CT molecular complexity index is 689. The second kappa shape index (κ2) is 8.86. The van der Waals surface area contributed by atoms with E-state index in [9.17, 15) is 4.79 Å². The van der Waals surface area contributed by atoms with Gasteiger partial charge in [-0.15, -0.1) is 0 Å². The van der Waals surface area contributed by atoms with Gasteiger partial charge in [0.2, 0.25) is 5.88 Å². The summed E-state index contributed by atoms with van der Waals surface area (Å²) in [6, 6.07) is 0. The van der Waals surface area contributed by atoms with Crippen LogP contribution in [0.4, 0.5) is 0 Å². The average molecular weight is 342 g/mol. The Morgan fingerprint density at radius 2 is 2.20 bits per heavy atom. The Morgan fingerprint density at radius 3 is 2.76 bits per heavy atom. The summed E-state index contributed by atoms with van der Waals surface area (Å²) in [5.41, 5.74) is 0.886. The van der Waals surface area contributed by atoms with Crippen molar-refractivity contribution >= 4 is 24.0 Å². The minimum absolute atomic E-state index is 0.207. The summed E-state index contributed by atoms with van der Waals surface area (Å²) in [6.45, 7) is 4.31. The molecular weight excluding hydrogens is 320 g/mol. The zero-order valence-electron chi connectivity index (χ0n) is 14.4. The van der Waals surface area contributed by atoms with Crippen LogP contribution in [0, 0.1) is 10.8 Å². The van der Waals surface area contributed by atoms with Crippen LogP contribution in [0.15, 0.2) is 35.7 Å². The highest BCUT2D eigenvalue weighted by atomic mass is 16.5. The average Bonchev–Trinajstić information content (AvgIpc) is 3.41. The van der Waals surface area contributed by atoms with Gasteiger partial charge in [0.25, 0.3) is 0 Å². The molecule has 132 valence electrons. The van der Waals surface area contributed by atoms with E-state index in [0.717, 1.165) is 24.6 Å². The van der Waals surface area contributed by atoms with E-state index < -0.39 is 5.41 Å². The smallest absolute Gasteiger partial charge is 0.315 e. The highest BCUT2D eigenvalue weighted by Crippen LogP contribution is 2.46. The van der Waals surface area contributed by atoms with Gasteiger partial charge < -0.3 is 14.9 Å². The Hall–Kier alpha value is -2.83. The molecule has 25 heavy (non-hydrogen) atoms. The van der Waals surface area contributed by atoms with E-state index >= 15 is 0 Å². The van der Waals surface area contributed by atoms with Crippen molar-refractivity contribution in [2.24, 2.45) is 10.4 Å². The molecule has 1 heterocycles. The van der Waals surface area contributed by atoms with Crippen molar-refractivity contribution in [1.82, 2.24) is 9.97 Å². The maximum atomic E-state index is 11.9. The standard InChI is InChI=1S/C18H22N4O3/c1-3-5-14(10-20-9-8-19)15-11-22-16(12-21-15)25-13-18(6-7-18)17(23)24-4-2/h3,5,8-12,19H,4,6-7,13H2,1-2H3/b5-3-,14-10+,19-8?,20-9?. The molecule has 1 aromatic heterocycles. The minimum atomic E-state index is -0.520. The fourth-order valence-electron chi connectivity index (χ4n) is 2.13. The van der Waals surface area contributed by atoms with Crippen molar-refractivity contribution in [2.75, 3.05) is 13.2 Å². The topological polar surface area (TPSA) is 97.5 Å². The van der Waals surface area contributed by atoms with Crippen LogP contribution in [0.3, 0.4) is 0 Å². The van der Waals surface area contributed by atoms with Crippen LogP contribution in [-0.2, 0) is 9.53 Å². The number of hydrogen-bond acceptors (Lipinski definition) is 7. The number of carbonyl (C=O) groups is 1. The van der Waals surface area contributed by atoms with Crippen molar-refractivity contribution < 1.29 is 14.3 Å². The van der Waals surface area contributed by atoms with Gasteiger partial charge in [-0.1, -0.05) is 12.2 Å². The summed E-state index contributed by atoms with van der Waals surface area (Å²) in [5.74, 6) is 0.157. The fraction of sp³-hybridized carbons (Fsp3) is 0.389. The van der Waals surface area contributed by atoms with Crippen LogP contribution in [0.5, 0.6) is 5.88 Å². The van der Waals surface area contributed by atoms with E-state index in [2.05, 4.69) is 15.0 Å². The third-order valence-electron chi connectivity index (χ3n) is 3.70. The zero-order valence-corrected chi connectivity index (χ0v) is 14.4. The van der Waals surface area contributed by atoms with Gasteiger partial charge in [0.1, 0.15) is 12.0 Å². The molecule has 1 N–H and O–H groups in total. The number of ether oxygens (including phenoxy) is 2.